The van der Waals surface area contributed by atoms with Crippen molar-refractivity contribution in [3.63, 3.8) is 0 Å². The lowest BCUT2D eigenvalue weighted by Crippen LogP contribution is -2.26. The average Bonchev–Trinajstić information content (AvgIpc) is 2.94. The molecule has 3 rings (SSSR count). The minimum atomic E-state index is 0.0928. The number of ether oxygens (including phenoxy) is 1. The molecule has 1 aliphatic rings. The first-order valence-corrected chi connectivity index (χ1v) is 5.48. The van der Waals surface area contributed by atoms with Crippen LogP contribution in [0.25, 0.3) is 5.65 Å². The molecule has 1 aliphatic heterocycles. The molecule has 0 aliphatic carbocycles. The zero-order chi connectivity index (χ0) is 11.8. The highest BCUT2D eigenvalue weighted by atomic mass is 16.5. The number of aromatic nitrogens is 3. The Balaban J connectivity index is 2.15. The van der Waals surface area contributed by atoms with Gasteiger partial charge in [0.25, 0.3) is 0 Å². The number of carbonyl (C=O) groups excluding carboxylic acids is 1. The Bertz CT molecular complexity index is 578. The van der Waals surface area contributed by atoms with Crippen molar-refractivity contribution in [3.05, 3.63) is 18.5 Å². The summed E-state index contributed by atoms with van der Waals surface area (Å²) in [6.45, 7) is 0.697. The lowest BCUT2D eigenvalue weighted by atomic mass is 10.4. The van der Waals surface area contributed by atoms with Gasteiger partial charge in [-0.3, -0.25) is 9.69 Å². The quantitative estimate of drug-likeness (QED) is 0.770. The van der Waals surface area contributed by atoms with Crippen molar-refractivity contribution in [2.24, 2.45) is 0 Å². The molecular weight excluding hydrogens is 220 g/mol. The fourth-order valence-corrected chi connectivity index (χ4v) is 2.04. The predicted molar refractivity (Wildman–Crippen MR) is 61.1 cm³/mol. The Morgan fingerprint density at radius 2 is 2.35 bits per heavy atom. The molecule has 0 unspecified atom stereocenters. The summed E-state index contributed by atoms with van der Waals surface area (Å²) >= 11 is 0. The summed E-state index contributed by atoms with van der Waals surface area (Å²) in [6.07, 6.45) is 4.86. The molecule has 1 amide bonds. The van der Waals surface area contributed by atoms with E-state index in [0.717, 1.165) is 6.42 Å². The minimum Gasteiger partial charge on any atom is -0.493 e. The number of imidazole rings is 1. The molecule has 2 aromatic heterocycles. The van der Waals surface area contributed by atoms with Gasteiger partial charge in [0.05, 0.1) is 7.11 Å². The van der Waals surface area contributed by atoms with Crippen molar-refractivity contribution < 1.29 is 9.53 Å². The number of hydrogen-bond donors (Lipinski definition) is 0. The number of rotatable bonds is 2. The molecule has 0 aromatic carbocycles. The molecule has 0 radical (unpaired) electrons. The van der Waals surface area contributed by atoms with Gasteiger partial charge in [0.15, 0.2) is 17.2 Å². The minimum absolute atomic E-state index is 0.0928. The van der Waals surface area contributed by atoms with Crippen LogP contribution in [0.2, 0.25) is 0 Å². The van der Waals surface area contributed by atoms with Crippen LogP contribution in [0.3, 0.4) is 0 Å². The number of anilines is 1. The molecule has 2 aromatic rings. The molecule has 0 N–H and O–H groups in total. The first-order chi connectivity index (χ1) is 8.29. The Kier molecular flexibility index (Phi) is 2.21. The van der Waals surface area contributed by atoms with Gasteiger partial charge in [-0.05, 0) is 6.42 Å². The Labute approximate surface area is 97.8 Å². The second kappa shape index (κ2) is 3.73. The maximum absolute atomic E-state index is 11.7. The normalized spacial score (nSPS) is 15.8. The fraction of sp³-hybridized carbons (Fsp3) is 0.364. The van der Waals surface area contributed by atoms with E-state index in [-0.39, 0.29) is 5.91 Å². The second-order valence-corrected chi connectivity index (χ2v) is 3.92. The number of fused-ring (bicyclic) bond motifs is 1. The summed E-state index contributed by atoms with van der Waals surface area (Å²) in [5.74, 6) is 1.25. The summed E-state index contributed by atoms with van der Waals surface area (Å²) < 4.78 is 6.92. The third kappa shape index (κ3) is 1.52. The van der Waals surface area contributed by atoms with Gasteiger partial charge in [0.1, 0.15) is 0 Å². The van der Waals surface area contributed by atoms with E-state index in [2.05, 4.69) is 10.1 Å². The predicted octanol–water partition coefficient (Wildman–Crippen LogP) is 0.865. The number of hydrogen-bond acceptors (Lipinski definition) is 4. The SMILES string of the molecule is COc1cc2nccn2nc1N1CCCC1=O. The summed E-state index contributed by atoms with van der Waals surface area (Å²) in [5.41, 5.74) is 0.706. The molecule has 17 heavy (non-hydrogen) atoms. The van der Waals surface area contributed by atoms with Crippen LogP contribution < -0.4 is 9.64 Å². The Morgan fingerprint density at radius 3 is 3.06 bits per heavy atom. The van der Waals surface area contributed by atoms with Gasteiger partial charge in [-0.2, -0.15) is 0 Å². The van der Waals surface area contributed by atoms with Gasteiger partial charge >= 0.3 is 0 Å². The van der Waals surface area contributed by atoms with E-state index in [1.54, 1.807) is 35.0 Å². The van der Waals surface area contributed by atoms with E-state index in [9.17, 15) is 4.79 Å². The van der Waals surface area contributed by atoms with E-state index in [1.807, 2.05) is 0 Å². The lowest BCUT2D eigenvalue weighted by Gasteiger charge is -2.17. The van der Waals surface area contributed by atoms with Gasteiger partial charge < -0.3 is 4.74 Å². The van der Waals surface area contributed by atoms with Crippen molar-refractivity contribution >= 4 is 17.4 Å². The van der Waals surface area contributed by atoms with Crippen molar-refractivity contribution in [1.82, 2.24) is 14.6 Å². The van der Waals surface area contributed by atoms with Gasteiger partial charge in [-0.25, -0.2) is 9.50 Å². The van der Waals surface area contributed by atoms with Crippen LogP contribution in [-0.2, 0) is 4.79 Å². The fourth-order valence-electron chi connectivity index (χ4n) is 2.04. The highest BCUT2D eigenvalue weighted by molar-refractivity contribution is 5.95. The van der Waals surface area contributed by atoms with E-state index in [4.69, 9.17) is 4.74 Å². The topological polar surface area (TPSA) is 59.7 Å². The van der Waals surface area contributed by atoms with E-state index < -0.39 is 0 Å². The van der Waals surface area contributed by atoms with Crippen LogP contribution in [0.1, 0.15) is 12.8 Å². The van der Waals surface area contributed by atoms with E-state index >= 15 is 0 Å². The molecule has 0 spiro atoms. The number of nitrogens with zero attached hydrogens (tertiary/aromatic N) is 4. The molecule has 1 fully saturated rings. The molecule has 0 atom stereocenters. The third-order valence-electron chi connectivity index (χ3n) is 2.88. The van der Waals surface area contributed by atoms with Crippen molar-refractivity contribution in [2.75, 3.05) is 18.6 Å². The largest absolute Gasteiger partial charge is 0.493 e. The molecule has 6 nitrogen and oxygen atoms in total. The van der Waals surface area contributed by atoms with Crippen molar-refractivity contribution in [1.29, 1.82) is 0 Å². The van der Waals surface area contributed by atoms with Crippen LogP contribution in [0.15, 0.2) is 18.5 Å². The zero-order valence-corrected chi connectivity index (χ0v) is 9.46. The third-order valence-corrected chi connectivity index (χ3v) is 2.88. The first-order valence-electron chi connectivity index (χ1n) is 5.48. The van der Waals surface area contributed by atoms with Gasteiger partial charge in [-0.1, -0.05) is 0 Å². The van der Waals surface area contributed by atoms with Gasteiger partial charge in [0.2, 0.25) is 5.91 Å². The van der Waals surface area contributed by atoms with Gasteiger partial charge in [-0.15, -0.1) is 5.10 Å². The van der Waals surface area contributed by atoms with Gasteiger partial charge in [0, 0.05) is 31.4 Å². The van der Waals surface area contributed by atoms with Crippen molar-refractivity contribution in [3.8, 4) is 5.75 Å². The first kappa shape index (κ1) is 10.1. The van der Waals surface area contributed by atoms with E-state index in [0.29, 0.717) is 30.2 Å². The molecular formula is C11H12N4O2. The maximum Gasteiger partial charge on any atom is 0.228 e. The molecule has 6 heteroatoms. The highest BCUT2D eigenvalue weighted by Gasteiger charge is 2.26. The molecule has 1 saturated heterocycles. The number of methoxy groups -OCH3 is 1. The summed E-state index contributed by atoms with van der Waals surface area (Å²) in [4.78, 5) is 17.5. The molecule has 0 saturated carbocycles. The smallest absolute Gasteiger partial charge is 0.228 e. The molecule has 3 heterocycles. The van der Waals surface area contributed by atoms with Crippen LogP contribution in [0.5, 0.6) is 5.75 Å². The van der Waals surface area contributed by atoms with Crippen molar-refractivity contribution in [2.45, 2.75) is 12.8 Å². The summed E-state index contributed by atoms with van der Waals surface area (Å²) in [6, 6.07) is 1.79. The van der Waals surface area contributed by atoms with Crippen LogP contribution in [-0.4, -0.2) is 34.2 Å². The van der Waals surface area contributed by atoms with Crippen LogP contribution in [0.4, 0.5) is 5.82 Å². The number of amides is 1. The molecule has 0 bridgehead atoms. The Morgan fingerprint density at radius 1 is 1.47 bits per heavy atom. The lowest BCUT2D eigenvalue weighted by molar-refractivity contribution is -0.117. The number of carbonyl (C=O) groups is 1. The van der Waals surface area contributed by atoms with E-state index in [1.165, 1.54) is 0 Å². The average molecular weight is 232 g/mol. The second-order valence-electron chi connectivity index (χ2n) is 3.92. The summed E-state index contributed by atoms with van der Waals surface area (Å²) in [7, 11) is 1.57. The summed E-state index contributed by atoms with van der Waals surface area (Å²) in [5, 5.41) is 4.37. The highest BCUT2D eigenvalue weighted by Crippen LogP contribution is 2.29. The van der Waals surface area contributed by atoms with Crippen LogP contribution in [0, 0.1) is 0 Å². The standard InChI is InChI=1S/C11H12N4O2/c1-17-8-7-9-12-4-6-15(9)13-11(8)14-5-2-3-10(14)16/h4,6-7H,2-3,5H2,1H3. The Hall–Kier alpha value is -2.11. The molecule has 88 valence electrons. The van der Waals surface area contributed by atoms with Crippen LogP contribution >= 0.6 is 0 Å². The monoisotopic (exact) mass is 232 g/mol. The maximum atomic E-state index is 11.7. The zero-order valence-electron chi connectivity index (χ0n) is 9.46.